The first-order valence-electron chi connectivity index (χ1n) is 9.69. The molecule has 2 heterocycles. The molecule has 1 saturated heterocycles. The van der Waals surface area contributed by atoms with Crippen LogP contribution in [0.25, 0.3) is 0 Å². The van der Waals surface area contributed by atoms with Crippen LogP contribution in [0.3, 0.4) is 0 Å². The Morgan fingerprint density at radius 3 is 2.35 bits per heavy atom. The summed E-state index contributed by atoms with van der Waals surface area (Å²) in [6.07, 6.45) is -3.21. The third-order valence-corrected chi connectivity index (χ3v) is 7.74. The van der Waals surface area contributed by atoms with Crippen LogP contribution in [-0.4, -0.2) is 55.0 Å². The topological polar surface area (TPSA) is 90.8 Å². The molecule has 1 atom stereocenters. The number of nitrogens with zero attached hydrogens (tertiary/aromatic N) is 3. The number of carboxylic acid groups (broad SMARTS) is 1. The average Bonchev–Trinajstić information content (AvgIpc) is 3.18. The number of anilines is 1. The molecular formula is C20H20F3N3O4S. The molecular weight excluding hydrogens is 435 g/mol. The van der Waals surface area contributed by atoms with E-state index in [-0.39, 0.29) is 37.5 Å². The second-order valence-corrected chi connectivity index (χ2v) is 9.54. The van der Waals surface area contributed by atoms with Gasteiger partial charge in [-0.3, -0.25) is 4.79 Å². The molecule has 0 spiro atoms. The van der Waals surface area contributed by atoms with Gasteiger partial charge in [-0.25, -0.2) is 13.4 Å². The van der Waals surface area contributed by atoms with Crippen LogP contribution in [0, 0.1) is 5.92 Å². The number of halogens is 3. The van der Waals surface area contributed by atoms with Gasteiger partial charge in [-0.15, -0.1) is 0 Å². The highest BCUT2D eigenvalue weighted by Gasteiger charge is 2.36. The zero-order chi connectivity index (χ0) is 22.4. The quantitative estimate of drug-likeness (QED) is 0.762. The SMILES string of the molecule is O=C(O)C1Cc2cccc(S(=O)(=O)N3CCN(c4ccc(C(F)(F)F)cn4)CC3)c2C1. The fraction of sp³-hybridized carbons (Fsp3) is 0.400. The van der Waals surface area contributed by atoms with Crippen molar-refractivity contribution in [2.24, 2.45) is 5.92 Å². The molecule has 0 radical (unpaired) electrons. The lowest BCUT2D eigenvalue weighted by Crippen LogP contribution is -2.49. The van der Waals surface area contributed by atoms with Crippen LogP contribution in [0.1, 0.15) is 16.7 Å². The van der Waals surface area contributed by atoms with Crippen molar-refractivity contribution in [3.63, 3.8) is 0 Å². The molecule has 1 aromatic heterocycles. The molecule has 1 aliphatic heterocycles. The molecule has 0 saturated carbocycles. The highest BCUT2D eigenvalue weighted by molar-refractivity contribution is 7.89. The summed E-state index contributed by atoms with van der Waals surface area (Å²) in [4.78, 5) is 17.1. The monoisotopic (exact) mass is 455 g/mol. The van der Waals surface area contributed by atoms with Gasteiger partial charge in [0.15, 0.2) is 0 Å². The number of aromatic nitrogens is 1. The van der Waals surface area contributed by atoms with Crippen molar-refractivity contribution < 1.29 is 31.5 Å². The van der Waals surface area contributed by atoms with Crippen LogP contribution < -0.4 is 4.90 Å². The molecule has 31 heavy (non-hydrogen) atoms. The van der Waals surface area contributed by atoms with Crippen LogP contribution in [0.4, 0.5) is 19.0 Å². The molecule has 1 aliphatic carbocycles. The Kier molecular flexibility index (Phi) is 5.42. The first-order valence-corrected chi connectivity index (χ1v) is 11.1. The number of carboxylic acids is 1. The lowest BCUT2D eigenvalue weighted by Gasteiger charge is -2.35. The molecule has 4 rings (SSSR count). The number of carbonyl (C=O) groups is 1. The highest BCUT2D eigenvalue weighted by atomic mass is 32.2. The summed E-state index contributed by atoms with van der Waals surface area (Å²) in [7, 11) is -3.82. The minimum Gasteiger partial charge on any atom is -0.481 e. The zero-order valence-electron chi connectivity index (χ0n) is 16.3. The second-order valence-electron chi connectivity index (χ2n) is 7.63. The van der Waals surface area contributed by atoms with E-state index in [4.69, 9.17) is 0 Å². The normalized spacial score (nSPS) is 20.0. The summed E-state index contributed by atoms with van der Waals surface area (Å²) in [6, 6.07) is 7.12. The smallest absolute Gasteiger partial charge is 0.417 e. The number of benzene rings is 1. The van der Waals surface area contributed by atoms with E-state index in [1.807, 2.05) is 0 Å². The van der Waals surface area contributed by atoms with E-state index in [0.717, 1.165) is 17.8 Å². The lowest BCUT2D eigenvalue weighted by molar-refractivity contribution is -0.141. The Balaban J connectivity index is 1.48. The first kappa shape index (κ1) is 21.6. The molecule has 2 aromatic rings. The Labute approximate surface area is 177 Å². The van der Waals surface area contributed by atoms with Gasteiger partial charge in [0.2, 0.25) is 10.0 Å². The van der Waals surface area contributed by atoms with Crippen molar-refractivity contribution in [2.75, 3.05) is 31.1 Å². The molecule has 1 aromatic carbocycles. The summed E-state index contributed by atoms with van der Waals surface area (Å²) >= 11 is 0. The van der Waals surface area contributed by atoms with Gasteiger partial charge in [0.1, 0.15) is 5.82 Å². The molecule has 0 bridgehead atoms. The fourth-order valence-electron chi connectivity index (χ4n) is 4.07. The van der Waals surface area contributed by atoms with Crippen molar-refractivity contribution in [1.29, 1.82) is 0 Å². The molecule has 1 fully saturated rings. The van der Waals surface area contributed by atoms with Crippen molar-refractivity contribution in [1.82, 2.24) is 9.29 Å². The molecule has 11 heteroatoms. The third kappa shape index (κ3) is 4.11. The molecule has 1 N–H and O–H groups in total. The second kappa shape index (κ2) is 7.79. The van der Waals surface area contributed by atoms with Crippen molar-refractivity contribution in [3.05, 3.63) is 53.2 Å². The molecule has 2 aliphatic rings. The standard InChI is InChI=1S/C20H20F3N3O4S/c21-20(22,23)15-4-5-18(24-12-15)25-6-8-26(9-7-25)31(29,30)17-3-1-2-13-10-14(19(27)28)11-16(13)17/h1-5,12,14H,6-11H2,(H,27,28). The number of rotatable bonds is 4. The lowest BCUT2D eigenvalue weighted by atomic mass is 10.1. The van der Waals surface area contributed by atoms with Gasteiger partial charge < -0.3 is 10.0 Å². The van der Waals surface area contributed by atoms with Gasteiger partial charge in [-0.2, -0.15) is 17.5 Å². The maximum atomic E-state index is 13.2. The fourth-order valence-corrected chi connectivity index (χ4v) is 5.77. The van der Waals surface area contributed by atoms with Gasteiger partial charge in [-0.05, 0) is 42.2 Å². The van der Waals surface area contributed by atoms with Crippen LogP contribution in [0.15, 0.2) is 41.4 Å². The van der Waals surface area contributed by atoms with E-state index in [2.05, 4.69) is 4.98 Å². The Morgan fingerprint density at radius 1 is 1.06 bits per heavy atom. The number of sulfonamides is 1. The third-order valence-electron chi connectivity index (χ3n) is 5.75. The van der Waals surface area contributed by atoms with Crippen LogP contribution in [0.2, 0.25) is 0 Å². The Morgan fingerprint density at radius 2 is 1.77 bits per heavy atom. The summed E-state index contributed by atoms with van der Waals surface area (Å²) in [5, 5.41) is 9.29. The number of hydrogen-bond donors (Lipinski definition) is 1. The van der Waals surface area contributed by atoms with Gasteiger partial charge in [0.05, 0.1) is 16.4 Å². The van der Waals surface area contributed by atoms with Gasteiger partial charge >= 0.3 is 12.1 Å². The van der Waals surface area contributed by atoms with E-state index in [1.165, 1.54) is 16.4 Å². The maximum absolute atomic E-state index is 13.2. The summed E-state index contributed by atoms with van der Waals surface area (Å²) < 4.78 is 65.9. The Bertz CT molecular complexity index is 1100. The van der Waals surface area contributed by atoms with Crippen molar-refractivity contribution in [3.8, 4) is 0 Å². The number of pyridine rings is 1. The average molecular weight is 455 g/mol. The summed E-state index contributed by atoms with van der Waals surface area (Å²) in [6.45, 7) is 0.864. The molecule has 166 valence electrons. The van der Waals surface area contributed by atoms with E-state index in [0.29, 0.717) is 17.8 Å². The predicted octanol–water partition coefficient (Wildman–Crippen LogP) is 2.41. The number of alkyl halides is 3. The highest BCUT2D eigenvalue weighted by Crippen LogP contribution is 2.34. The van der Waals surface area contributed by atoms with Gasteiger partial charge in [-0.1, -0.05) is 12.1 Å². The minimum atomic E-state index is -4.46. The minimum absolute atomic E-state index is 0.134. The van der Waals surface area contributed by atoms with Gasteiger partial charge in [0, 0.05) is 32.4 Å². The number of fused-ring (bicyclic) bond motifs is 1. The van der Waals surface area contributed by atoms with Crippen molar-refractivity contribution >= 4 is 21.8 Å². The Hall–Kier alpha value is -2.66. The van der Waals surface area contributed by atoms with Crippen LogP contribution in [0.5, 0.6) is 0 Å². The molecule has 0 amide bonds. The maximum Gasteiger partial charge on any atom is 0.417 e. The summed E-state index contributed by atoms with van der Waals surface area (Å²) in [5.41, 5.74) is 0.456. The number of hydrogen-bond acceptors (Lipinski definition) is 5. The van der Waals surface area contributed by atoms with E-state index in [1.54, 1.807) is 17.0 Å². The van der Waals surface area contributed by atoms with Gasteiger partial charge in [0.25, 0.3) is 0 Å². The zero-order valence-corrected chi connectivity index (χ0v) is 17.2. The summed E-state index contributed by atoms with van der Waals surface area (Å²) in [5.74, 6) is -1.22. The first-order chi connectivity index (χ1) is 14.6. The predicted molar refractivity (Wildman–Crippen MR) is 105 cm³/mol. The number of aliphatic carboxylic acids is 1. The van der Waals surface area contributed by atoms with E-state index in [9.17, 15) is 31.5 Å². The number of piperazine rings is 1. The molecule has 7 nitrogen and oxygen atoms in total. The van der Waals surface area contributed by atoms with E-state index >= 15 is 0 Å². The van der Waals surface area contributed by atoms with E-state index < -0.39 is 33.7 Å². The van der Waals surface area contributed by atoms with Crippen molar-refractivity contribution in [2.45, 2.75) is 23.9 Å². The van der Waals surface area contributed by atoms with Crippen LogP contribution in [-0.2, 0) is 33.8 Å². The molecule has 1 unspecified atom stereocenters. The largest absolute Gasteiger partial charge is 0.481 e. The van der Waals surface area contributed by atoms with Crippen LogP contribution >= 0.6 is 0 Å².